The van der Waals surface area contributed by atoms with Gasteiger partial charge in [0, 0.05) is 41.8 Å². The van der Waals surface area contributed by atoms with Gasteiger partial charge >= 0.3 is 6.18 Å². The second kappa shape index (κ2) is 10.5. The molecule has 0 unspecified atom stereocenters. The highest BCUT2D eigenvalue weighted by Crippen LogP contribution is 2.36. The van der Waals surface area contributed by atoms with E-state index in [1.165, 1.54) is 42.5 Å². The van der Waals surface area contributed by atoms with Crippen LogP contribution in [0.25, 0.3) is 10.9 Å². The van der Waals surface area contributed by atoms with E-state index < -0.39 is 21.9 Å². The number of carbonyl (C=O) groups excluding carboxylic acids is 1. The zero-order valence-corrected chi connectivity index (χ0v) is 22.4. The predicted octanol–water partition coefficient (Wildman–Crippen LogP) is 5.66. The molecule has 4 aromatic rings. The van der Waals surface area contributed by atoms with E-state index >= 15 is 0 Å². The molecule has 1 aliphatic rings. The number of hydrogen-bond acceptors (Lipinski definition) is 5. The fraction of sp³-hybridized carbons (Fsp3) is 0.231. The molecule has 7 nitrogen and oxygen atoms in total. The molecule has 1 fully saturated rings. The summed E-state index contributed by atoms with van der Waals surface area (Å²) in [6, 6.07) is 12.4. The van der Waals surface area contributed by atoms with Crippen LogP contribution in [-0.4, -0.2) is 54.5 Å². The van der Waals surface area contributed by atoms with Crippen LogP contribution in [0.5, 0.6) is 0 Å². The lowest BCUT2D eigenvalue weighted by Crippen LogP contribution is -2.40. The number of amides is 1. The molecule has 0 bridgehead atoms. The van der Waals surface area contributed by atoms with Crippen LogP contribution in [0.15, 0.2) is 65.7 Å². The van der Waals surface area contributed by atoms with Crippen LogP contribution in [0.4, 0.5) is 13.2 Å². The molecule has 5 rings (SSSR count). The van der Waals surface area contributed by atoms with Gasteiger partial charge in [0.15, 0.2) is 0 Å². The zero-order chi connectivity index (χ0) is 27.9. The van der Waals surface area contributed by atoms with E-state index in [0.29, 0.717) is 32.4 Å². The average molecular weight is 598 g/mol. The lowest BCUT2D eigenvalue weighted by atomic mass is 10.0. The van der Waals surface area contributed by atoms with Crippen LogP contribution in [0, 0.1) is 0 Å². The number of ether oxygens (including phenoxy) is 1. The second-order valence-electron chi connectivity index (χ2n) is 8.81. The molecule has 0 spiro atoms. The minimum Gasteiger partial charge on any atom is -0.378 e. The summed E-state index contributed by atoms with van der Waals surface area (Å²) in [4.78, 5) is 18.1. The first-order valence-electron chi connectivity index (χ1n) is 11.7. The standard InChI is InChI=1S/C26H20Cl2F3N3O4S/c27-21-7-6-19(25(35)33-8-10-38-11-9-33)24(28)20(21)13-17-12-16-15-32-23(26(29,30)31)14-22(16)34(17)39(36,37)18-4-2-1-3-5-18/h1-7,12,14-15H,8-11,13H2. The van der Waals surface area contributed by atoms with Crippen molar-refractivity contribution < 1.29 is 31.1 Å². The summed E-state index contributed by atoms with van der Waals surface area (Å²) in [6.07, 6.45) is -4.01. The largest absolute Gasteiger partial charge is 0.433 e. The molecular weight excluding hydrogens is 578 g/mol. The van der Waals surface area contributed by atoms with Gasteiger partial charge in [0.2, 0.25) is 0 Å². The molecule has 3 heterocycles. The minimum atomic E-state index is -4.79. The Kier molecular flexibility index (Phi) is 7.36. The first kappa shape index (κ1) is 27.4. The van der Waals surface area contributed by atoms with E-state index in [9.17, 15) is 26.4 Å². The maximum Gasteiger partial charge on any atom is 0.433 e. The first-order valence-corrected chi connectivity index (χ1v) is 13.9. The van der Waals surface area contributed by atoms with Gasteiger partial charge in [-0.1, -0.05) is 41.4 Å². The number of benzene rings is 2. The number of aromatic nitrogens is 2. The SMILES string of the molecule is O=C(c1ccc(Cl)c(Cc2cc3cnc(C(F)(F)F)cc3n2S(=O)(=O)c2ccccc2)c1Cl)N1CCOCC1. The molecule has 0 saturated carbocycles. The Bertz CT molecular complexity index is 1670. The molecule has 1 amide bonds. The highest BCUT2D eigenvalue weighted by molar-refractivity contribution is 7.90. The second-order valence-corrected chi connectivity index (χ2v) is 11.4. The van der Waals surface area contributed by atoms with Crippen LogP contribution in [0.3, 0.4) is 0 Å². The summed E-state index contributed by atoms with van der Waals surface area (Å²) >= 11 is 13.1. The zero-order valence-electron chi connectivity index (χ0n) is 20.1. The van der Waals surface area contributed by atoms with E-state index in [2.05, 4.69) is 4.98 Å². The maximum absolute atomic E-state index is 13.8. The van der Waals surface area contributed by atoms with E-state index in [4.69, 9.17) is 27.9 Å². The summed E-state index contributed by atoms with van der Waals surface area (Å²) in [6.45, 7) is 1.53. The average Bonchev–Trinajstić information content (AvgIpc) is 3.29. The minimum absolute atomic E-state index is 0.0296. The van der Waals surface area contributed by atoms with Crippen molar-refractivity contribution in [2.75, 3.05) is 26.3 Å². The topological polar surface area (TPSA) is 81.5 Å². The summed E-state index contributed by atoms with van der Waals surface area (Å²) in [5.41, 5.74) is -0.918. The molecule has 0 atom stereocenters. The van der Waals surface area contributed by atoms with Gasteiger partial charge < -0.3 is 9.64 Å². The van der Waals surface area contributed by atoms with E-state index in [-0.39, 0.29) is 55.0 Å². The number of fused-ring (bicyclic) bond motifs is 1. The quantitative estimate of drug-likeness (QED) is 0.296. The van der Waals surface area contributed by atoms with Crippen LogP contribution in [0.1, 0.15) is 27.3 Å². The van der Waals surface area contributed by atoms with Crippen LogP contribution < -0.4 is 0 Å². The summed E-state index contributed by atoms with van der Waals surface area (Å²) in [5.74, 6) is -0.335. The Balaban J connectivity index is 1.67. The number of nitrogens with zero attached hydrogens (tertiary/aromatic N) is 3. The third kappa shape index (κ3) is 5.23. The van der Waals surface area contributed by atoms with Crippen molar-refractivity contribution >= 4 is 50.0 Å². The summed E-state index contributed by atoms with van der Waals surface area (Å²) in [7, 11) is -4.36. The maximum atomic E-state index is 13.8. The fourth-order valence-electron chi connectivity index (χ4n) is 4.44. The van der Waals surface area contributed by atoms with Crippen molar-refractivity contribution in [2.24, 2.45) is 0 Å². The highest BCUT2D eigenvalue weighted by Gasteiger charge is 2.34. The van der Waals surface area contributed by atoms with Crippen molar-refractivity contribution in [2.45, 2.75) is 17.5 Å². The molecule has 1 aliphatic heterocycles. The molecule has 2 aromatic carbocycles. The monoisotopic (exact) mass is 597 g/mol. The van der Waals surface area contributed by atoms with Crippen LogP contribution in [-0.2, 0) is 27.4 Å². The van der Waals surface area contributed by atoms with Crippen molar-refractivity contribution in [1.82, 2.24) is 13.9 Å². The molecule has 0 N–H and O–H groups in total. The molecule has 39 heavy (non-hydrogen) atoms. The Labute approximate surface area is 231 Å². The summed E-state index contributed by atoms with van der Waals surface area (Å²) < 4.78 is 74.2. The number of halogens is 5. The molecule has 1 saturated heterocycles. The van der Waals surface area contributed by atoms with E-state index in [1.807, 2.05) is 0 Å². The Hall–Kier alpha value is -3.12. The first-order chi connectivity index (χ1) is 18.5. The van der Waals surface area contributed by atoms with Gasteiger partial charge in [-0.05, 0) is 42.0 Å². The lowest BCUT2D eigenvalue weighted by Gasteiger charge is -2.27. The molecule has 0 radical (unpaired) electrons. The number of hydrogen-bond donors (Lipinski definition) is 0. The molecule has 0 aliphatic carbocycles. The normalized spacial score (nSPS) is 14.6. The molecule has 2 aromatic heterocycles. The van der Waals surface area contributed by atoms with E-state index in [1.54, 1.807) is 11.0 Å². The van der Waals surface area contributed by atoms with Crippen LogP contribution >= 0.6 is 23.2 Å². The van der Waals surface area contributed by atoms with Gasteiger partial charge in [0.25, 0.3) is 15.9 Å². The van der Waals surface area contributed by atoms with Gasteiger partial charge in [-0.3, -0.25) is 9.78 Å². The Morgan fingerprint density at radius 1 is 1.03 bits per heavy atom. The Morgan fingerprint density at radius 2 is 1.72 bits per heavy atom. The number of rotatable bonds is 5. The third-order valence-corrected chi connectivity index (χ3v) is 8.92. The predicted molar refractivity (Wildman–Crippen MR) is 140 cm³/mol. The number of pyridine rings is 1. The third-order valence-electron chi connectivity index (χ3n) is 6.36. The van der Waals surface area contributed by atoms with Crippen molar-refractivity contribution in [1.29, 1.82) is 0 Å². The number of carbonyl (C=O) groups is 1. The van der Waals surface area contributed by atoms with Crippen LogP contribution in [0.2, 0.25) is 10.0 Å². The fourth-order valence-corrected chi connectivity index (χ4v) is 6.58. The molecule has 204 valence electrons. The number of alkyl halides is 3. The van der Waals surface area contributed by atoms with Crippen molar-refractivity contribution in [3.63, 3.8) is 0 Å². The van der Waals surface area contributed by atoms with E-state index in [0.717, 1.165) is 10.2 Å². The van der Waals surface area contributed by atoms with Gasteiger partial charge in [-0.2, -0.15) is 13.2 Å². The lowest BCUT2D eigenvalue weighted by molar-refractivity contribution is -0.141. The van der Waals surface area contributed by atoms with Crippen molar-refractivity contribution in [3.8, 4) is 0 Å². The van der Waals surface area contributed by atoms with Gasteiger partial charge in [-0.15, -0.1) is 0 Å². The highest BCUT2D eigenvalue weighted by atomic mass is 35.5. The van der Waals surface area contributed by atoms with Gasteiger partial charge in [0.1, 0.15) is 5.69 Å². The molecular formula is C26H20Cl2F3N3O4S. The van der Waals surface area contributed by atoms with Gasteiger partial charge in [0.05, 0.1) is 34.2 Å². The number of morpholine rings is 1. The smallest absolute Gasteiger partial charge is 0.378 e. The Morgan fingerprint density at radius 3 is 2.38 bits per heavy atom. The summed E-state index contributed by atoms with van der Waals surface area (Å²) in [5, 5.41) is 0.369. The molecule has 13 heteroatoms. The van der Waals surface area contributed by atoms with Gasteiger partial charge in [-0.25, -0.2) is 12.4 Å². The van der Waals surface area contributed by atoms with Crippen molar-refractivity contribution in [3.05, 3.63) is 93.4 Å².